The molecule has 0 heterocycles. The second kappa shape index (κ2) is 6.69. The molecule has 0 aliphatic carbocycles. The molecule has 1 rings (SSSR count). The third-order valence-electron chi connectivity index (χ3n) is 2.64. The molecule has 0 unspecified atom stereocenters. The summed E-state index contributed by atoms with van der Waals surface area (Å²) in [5.74, 6) is 0.501. The fraction of sp³-hybridized carbons (Fsp3) is 0.500. The van der Waals surface area contributed by atoms with Gasteiger partial charge in [0.2, 0.25) is 0 Å². The van der Waals surface area contributed by atoms with Crippen LogP contribution in [0.5, 0.6) is 11.5 Å². The summed E-state index contributed by atoms with van der Waals surface area (Å²) >= 11 is 0. The molecule has 98 valence electrons. The lowest BCUT2D eigenvalue weighted by Crippen LogP contribution is -2.30. The summed E-state index contributed by atoms with van der Waals surface area (Å²) in [6.07, 6.45) is -0.632. The molecule has 4 N–H and O–H groups in total. The van der Waals surface area contributed by atoms with Gasteiger partial charge in [0.15, 0.2) is 11.5 Å². The minimum Gasteiger partial charge on any atom is -0.504 e. The van der Waals surface area contributed by atoms with E-state index in [1.807, 2.05) is 13.8 Å². The Morgan fingerprint density at radius 3 is 2.29 bits per heavy atom. The molecule has 0 bridgehead atoms. The molecule has 0 amide bonds. The molecule has 1 aromatic carbocycles. The number of aliphatic hydroxyl groups is 1. The fourth-order valence-corrected chi connectivity index (χ4v) is 1.53. The van der Waals surface area contributed by atoms with Gasteiger partial charge in [-0.3, -0.25) is 0 Å². The topological polar surface area (TPSA) is 75.7 Å². The summed E-state index contributed by atoms with van der Waals surface area (Å²) in [7, 11) is 1.48. The van der Waals surface area contributed by atoms with Crippen LogP contribution in [0.4, 0.5) is 0 Å². The van der Waals surface area contributed by atoms with E-state index in [0.717, 1.165) is 0 Å². The van der Waals surface area contributed by atoms with Crippen LogP contribution in [0.25, 0.3) is 0 Å². The van der Waals surface area contributed by atoms with Gasteiger partial charge in [0, 0.05) is 0 Å². The molecule has 0 aliphatic rings. The van der Waals surface area contributed by atoms with E-state index in [2.05, 4.69) is 0 Å². The van der Waals surface area contributed by atoms with Crippen molar-refractivity contribution in [2.75, 3.05) is 7.11 Å². The Kier molecular flexibility index (Phi) is 6.31. The summed E-state index contributed by atoms with van der Waals surface area (Å²) in [4.78, 5) is 0. The maximum atomic E-state index is 9.83. The third kappa shape index (κ3) is 3.77. The van der Waals surface area contributed by atoms with Crippen LogP contribution in [0.2, 0.25) is 0 Å². The van der Waals surface area contributed by atoms with Crippen LogP contribution < -0.4 is 10.5 Å². The van der Waals surface area contributed by atoms with Crippen molar-refractivity contribution in [1.82, 2.24) is 0 Å². The normalized spacial score (nSPS) is 14.0. The Balaban J connectivity index is 0.00000256. The van der Waals surface area contributed by atoms with E-state index in [4.69, 9.17) is 10.5 Å². The lowest BCUT2D eigenvalue weighted by atomic mass is 9.94. The number of nitrogens with two attached hydrogens (primary N) is 1. The predicted octanol–water partition coefficient (Wildman–Crippen LogP) is 1.84. The van der Waals surface area contributed by atoms with Gasteiger partial charge in [-0.1, -0.05) is 19.9 Å². The Bertz CT molecular complexity index is 358. The number of aliphatic hydroxyl groups excluding tert-OH is 1. The number of aromatic hydroxyl groups is 1. The number of hydrogen-bond donors (Lipinski definition) is 3. The first-order chi connectivity index (χ1) is 7.47. The molecule has 0 saturated carbocycles. The number of phenols is 1. The van der Waals surface area contributed by atoms with Crippen LogP contribution in [0.15, 0.2) is 18.2 Å². The molecule has 0 fully saturated rings. The Morgan fingerprint density at radius 2 is 1.88 bits per heavy atom. The number of rotatable bonds is 4. The van der Waals surface area contributed by atoms with Crippen LogP contribution in [-0.2, 0) is 0 Å². The summed E-state index contributed by atoms with van der Waals surface area (Å²) in [5.41, 5.74) is 6.59. The van der Waals surface area contributed by atoms with Gasteiger partial charge in [-0.15, -0.1) is 12.4 Å². The molecule has 0 spiro atoms. The molecule has 1 aromatic rings. The predicted molar refractivity (Wildman–Crippen MR) is 69.7 cm³/mol. The van der Waals surface area contributed by atoms with E-state index in [0.29, 0.717) is 11.3 Å². The number of benzene rings is 1. The number of ether oxygens (including phenoxy) is 1. The highest BCUT2D eigenvalue weighted by molar-refractivity contribution is 5.85. The van der Waals surface area contributed by atoms with Gasteiger partial charge in [-0.05, 0) is 23.6 Å². The summed E-state index contributed by atoms with van der Waals surface area (Å²) in [6.45, 7) is 3.79. The van der Waals surface area contributed by atoms with Gasteiger partial charge in [0.05, 0.1) is 19.3 Å². The van der Waals surface area contributed by atoms with Crippen molar-refractivity contribution in [3.63, 3.8) is 0 Å². The van der Waals surface area contributed by atoms with Gasteiger partial charge in [0.25, 0.3) is 0 Å². The van der Waals surface area contributed by atoms with Crippen molar-refractivity contribution in [3.05, 3.63) is 23.8 Å². The SMILES string of the molecule is COc1ccc([C@@H](N)[C@@H](O)C(C)C)cc1O.Cl. The highest BCUT2D eigenvalue weighted by Crippen LogP contribution is 2.30. The van der Waals surface area contributed by atoms with Crippen LogP contribution in [-0.4, -0.2) is 23.4 Å². The second-order valence-corrected chi connectivity index (χ2v) is 4.19. The maximum absolute atomic E-state index is 9.83. The number of hydrogen-bond acceptors (Lipinski definition) is 4. The molecule has 17 heavy (non-hydrogen) atoms. The Morgan fingerprint density at radius 1 is 1.29 bits per heavy atom. The van der Waals surface area contributed by atoms with Crippen LogP contribution in [0, 0.1) is 5.92 Å². The fourth-order valence-electron chi connectivity index (χ4n) is 1.53. The second-order valence-electron chi connectivity index (χ2n) is 4.19. The average molecular weight is 262 g/mol. The first-order valence-corrected chi connectivity index (χ1v) is 5.28. The van der Waals surface area contributed by atoms with Gasteiger partial charge >= 0.3 is 0 Å². The van der Waals surface area contributed by atoms with E-state index < -0.39 is 12.1 Å². The van der Waals surface area contributed by atoms with Gasteiger partial charge < -0.3 is 20.7 Å². The smallest absolute Gasteiger partial charge is 0.160 e. The Hall–Kier alpha value is -0.970. The van der Waals surface area contributed by atoms with E-state index >= 15 is 0 Å². The van der Waals surface area contributed by atoms with Crippen molar-refractivity contribution in [2.24, 2.45) is 11.7 Å². The maximum Gasteiger partial charge on any atom is 0.160 e. The van der Waals surface area contributed by atoms with Crippen molar-refractivity contribution in [3.8, 4) is 11.5 Å². The zero-order chi connectivity index (χ0) is 12.3. The van der Waals surface area contributed by atoms with Crippen LogP contribution in [0.3, 0.4) is 0 Å². The van der Waals surface area contributed by atoms with E-state index in [1.54, 1.807) is 12.1 Å². The molecule has 0 saturated heterocycles. The minimum atomic E-state index is -0.632. The van der Waals surface area contributed by atoms with E-state index in [9.17, 15) is 10.2 Å². The molecule has 0 aromatic heterocycles. The lowest BCUT2D eigenvalue weighted by molar-refractivity contribution is 0.0978. The van der Waals surface area contributed by atoms with Crippen molar-refractivity contribution >= 4 is 12.4 Å². The molecule has 0 aliphatic heterocycles. The quantitative estimate of drug-likeness (QED) is 0.773. The summed E-state index contributed by atoms with van der Waals surface area (Å²) < 4.78 is 4.93. The first-order valence-electron chi connectivity index (χ1n) is 5.28. The van der Waals surface area contributed by atoms with Gasteiger partial charge in [0.1, 0.15) is 0 Å². The van der Waals surface area contributed by atoms with Gasteiger partial charge in [-0.2, -0.15) is 0 Å². The van der Waals surface area contributed by atoms with Crippen molar-refractivity contribution in [1.29, 1.82) is 0 Å². The minimum absolute atomic E-state index is 0. The average Bonchev–Trinajstić information content (AvgIpc) is 2.26. The Labute approximate surface area is 108 Å². The molecule has 5 heteroatoms. The highest BCUT2D eigenvalue weighted by Gasteiger charge is 2.20. The van der Waals surface area contributed by atoms with Crippen LogP contribution >= 0.6 is 12.4 Å². The van der Waals surface area contributed by atoms with E-state index in [-0.39, 0.29) is 24.1 Å². The van der Waals surface area contributed by atoms with Gasteiger partial charge in [-0.25, -0.2) is 0 Å². The molecule has 2 atom stereocenters. The number of phenolic OH excluding ortho intramolecular Hbond substituents is 1. The zero-order valence-electron chi connectivity index (χ0n) is 10.3. The highest BCUT2D eigenvalue weighted by atomic mass is 35.5. The van der Waals surface area contributed by atoms with Crippen molar-refractivity contribution in [2.45, 2.75) is 26.0 Å². The molecular formula is C12H20ClNO3. The molecule has 0 radical (unpaired) electrons. The van der Waals surface area contributed by atoms with E-state index in [1.165, 1.54) is 13.2 Å². The zero-order valence-corrected chi connectivity index (χ0v) is 11.1. The monoisotopic (exact) mass is 261 g/mol. The summed E-state index contributed by atoms with van der Waals surface area (Å²) in [5, 5.41) is 19.4. The van der Waals surface area contributed by atoms with Crippen molar-refractivity contribution < 1.29 is 14.9 Å². The largest absolute Gasteiger partial charge is 0.504 e. The number of methoxy groups -OCH3 is 1. The lowest BCUT2D eigenvalue weighted by Gasteiger charge is -2.22. The van der Waals surface area contributed by atoms with Crippen LogP contribution in [0.1, 0.15) is 25.5 Å². The first kappa shape index (κ1) is 16.0. The molecular weight excluding hydrogens is 242 g/mol. The molecule has 4 nitrogen and oxygen atoms in total. The number of halogens is 1. The third-order valence-corrected chi connectivity index (χ3v) is 2.64. The summed E-state index contributed by atoms with van der Waals surface area (Å²) in [6, 6.07) is 4.40. The standard InChI is InChI=1S/C12H19NO3.ClH/c1-7(2)12(15)11(13)8-4-5-10(16-3)9(14)6-8;/h4-7,11-12,14-15H,13H2,1-3H3;1H/t11-,12+;/m1./s1.